The lowest BCUT2D eigenvalue weighted by Gasteiger charge is -2.09. The number of imidazole rings is 1. The average Bonchev–Trinajstić information content (AvgIpc) is 2.79. The first-order valence-electron chi connectivity index (χ1n) is 5.51. The molecule has 0 fully saturated rings. The summed E-state index contributed by atoms with van der Waals surface area (Å²) < 4.78 is 28.2. The Labute approximate surface area is 108 Å². The molecule has 0 aliphatic heterocycles. The lowest BCUT2D eigenvalue weighted by Crippen LogP contribution is -2.07. The molecule has 18 heavy (non-hydrogen) atoms. The van der Waals surface area contributed by atoms with Crippen LogP contribution in [0.15, 0.2) is 30.9 Å². The molecule has 0 radical (unpaired) electrons. The number of hydrogen-bond acceptors (Lipinski definition) is 2. The summed E-state index contributed by atoms with van der Waals surface area (Å²) in [6.45, 7) is 1.31. The molecule has 2 aromatic rings. The molecule has 3 nitrogen and oxygen atoms in total. The first-order chi connectivity index (χ1) is 8.66. The highest BCUT2D eigenvalue weighted by Gasteiger charge is 2.08. The Morgan fingerprint density at radius 3 is 2.83 bits per heavy atom. The van der Waals surface area contributed by atoms with Gasteiger partial charge in [-0.25, -0.2) is 13.8 Å². The molecular weight excluding hydrogens is 260 g/mol. The summed E-state index contributed by atoms with van der Waals surface area (Å²) in [4.78, 5) is 3.92. The second kappa shape index (κ2) is 5.82. The van der Waals surface area contributed by atoms with E-state index in [9.17, 15) is 8.78 Å². The Hall–Kier alpha value is -1.62. The van der Waals surface area contributed by atoms with Gasteiger partial charge in [-0.05, 0) is 12.5 Å². The van der Waals surface area contributed by atoms with Gasteiger partial charge >= 0.3 is 0 Å². The summed E-state index contributed by atoms with van der Waals surface area (Å²) in [5.41, 5.74) is 0.142. The quantitative estimate of drug-likeness (QED) is 0.846. The second-order valence-electron chi connectivity index (χ2n) is 3.83. The third-order valence-electron chi connectivity index (χ3n) is 2.46. The predicted molar refractivity (Wildman–Crippen MR) is 66.7 cm³/mol. The van der Waals surface area contributed by atoms with Gasteiger partial charge in [0.05, 0.1) is 17.0 Å². The Morgan fingerprint density at radius 1 is 1.33 bits per heavy atom. The number of benzene rings is 1. The van der Waals surface area contributed by atoms with Crippen LogP contribution in [0.4, 0.5) is 14.5 Å². The highest BCUT2D eigenvalue weighted by molar-refractivity contribution is 6.33. The van der Waals surface area contributed by atoms with Crippen LogP contribution in [0.1, 0.15) is 6.42 Å². The van der Waals surface area contributed by atoms with Crippen molar-refractivity contribution in [1.29, 1.82) is 0 Å². The van der Waals surface area contributed by atoms with Crippen molar-refractivity contribution in [3.8, 4) is 0 Å². The molecule has 6 heteroatoms. The third-order valence-corrected chi connectivity index (χ3v) is 2.76. The first kappa shape index (κ1) is 12.8. The third kappa shape index (κ3) is 3.20. The van der Waals surface area contributed by atoms with Crippen LogP contribution in [0.3, 0.4) is 0 Å². The number of nitrogens with zero attached hydrogens (tertiary/aromatic N) is 2. The van der Waals surface area contributed by atoms with E-state index in [0.29, 0.717) is 6.54 Å². The average molecular weight is 272 g/mol. The smallest absolute Gasteiger partial charge is 0.150 e. The fourth-order valence-corrected chi connectivity index (χ4v) is 1.87. The van der Waals surface area contributed by atoms with Gasteiger partial charge in [-0.15, -0.1) is 0 Å². The molecule has 2 rings (SSSR count). The van der Waals surface area contributed by atoms with Crippen molar-refractivity contribution in [3.05, 3.63) is 47.5 Å². The normalized spacial score (nSPS) is 10.6. The van der Waals surface area contributed by atoms with Crippen LogP contribution in [0.2, 0.25) is 5.02 Å². The molecule has 1 aromatic heterocycles. The number of rotatable bonds is 5. The van der Waals surface area contributed by atoms with Gasteiger partial charge in [-0.2, -0.15) is 0 Å². The van der Waals surface area contributed by atoms with Gasteiger partial charge in [-0.1, -0.05) is 11.6 Å². The van der Waals surface area contributed by atoms with E-state index in [1.54, 1.807) is 12.5 Å². The van der Waals surface area contributed by atoms with Crippen molar-refractivity contribution in [2.24, 2.45) is 0 Å². The Bertz CT molecular complexity index is 491. The molecule has 0 amide bonds. The topological polar surface area (TPSA) is 29.9 Å². The van der Waals surface area contributed by atoms with Crippen molar-refractivity contribution < 1.29 is 8.78 Å². The number of aromatic nitrogens is 2. The molecular formula is C12H12ClF2N3. The molecule has 0 aliphatic carbocycles. The summed E-state index contributed by atoms with van der Waals surface area (Å²) in [6, 6.07) is 1.90. The van der Waals surface area contributed by atoms with Crippen LogP contribution in [-0.2, 0) is 6.54 Å². The minimum Gasteiger partial charge on any atom is -0.381 e. The molecule has 0 aliphatic rings. The van der Waals surface area contributed by atoms with Crippen molar-refractivity contribution in [1.82, 2.24) is 9.55 Å². The number of halogens is 3. The van der Waals surface area contributed by atoms with E-state index in [1.165, 1.54) is 0 Å². The molecule has 0 atom stereocenters. The standard InChI is InChI=1S/C12H12ClF2N3/c13-10-6-9(14)7-11(15)12(10)17-2-1-4-18-5-3-16-8-18/h3,5-8,17H,1-2,4H2. The molecule has 0 spiro atoms. The Kier molecular flexibility index (Phi) is 4.15. The zero-order valence-corrected chi connectivity index (χ0v) is 10.3. The van der Waals surface area contributed by atoms with Crippen LogP contribution in [0.25, 0.3) is 0 Å². The predicted octanol–water partition coefficient (Wildman–Crippen LogP) is 3.32. The minimum absolute atomic E-state index is 0.0510. The molecule has 1 heterocycles. The molecule has 0 bridgehead atoms. The van der Waals surface area contributed by atoms with E-state index in [-0.39, 0.29) is 10.7 Å². The van der Waals surface area contributed by atoms with E-state index >= 15 is 0 Å². The monoisotopic (exact) mass is 271 g/mol. The maximum atomic E-state index is 13.4. The summed E-state index contributed by atoms with van der Waals surface area (Å²) in [5, 5.41) is 2.91. The zero-order chi connectivity index (χ0) is 13.0. The summed E-state index contributed by atoms with van der Waals surface area (Å²) in [5.74, 6) is -1.36. The number of anilines is 1. The van der Waals surface area contributed by atoms with Crippen molar-refractivity contribution >= 4 is 17.3 Å². The highest BCUT2D eigenvalue weighted by Crippen LogP contribution is 2.26. The maximum Gasteiger partial charge on any atom is 0.150 e. The second-order valence-corrected chi connectivity index (χ2v) is 4.23. The van der Waals surface area contributed by atoms with Crippen LogP contribution in [-0.4, -0.2) is 16.1 Å². The van der Waals surface area contributed by atoms with E-state index in [0.717, 1.165) is 25.1 Å². The largest absolute Gasteiger partial charge is 0.381 e. The maximum absolute atomic E-state index is 13.4. The van der Waals surface area contributed by atoms with Gasteiger partial charge in [0.1, 0.15) is 5.82 Å². The van der Waals surface area contributed by atoms with Gasteiger partial charge in [-0.3, -0.25) is 0 Å². The molecule has 1 aromatic carbocycles. The highest BCUT2D eigenvalue weighted by atomic mass is 35.5. The van der Waals surface area contributed by atoms with Crippen LogP contribution >= 0.6 is 11.6 Å². The van der Waals surface area contributed by atoms with Crippen LogP contribution < -0.4 is 5.32 Å². The number of hydrogen-bond donors (Lipinski definition) is 1. The SMILES string of the molecule is Fc1cc(F)c(NCCCn2ccnc2)c(Cl)c1. The fourth-order valence-electron chi connectivity index (χ4n) is 1.61. The Morgan fingerprint density at radius 2 is 2.17 bits per heavy atom. The van der Waals surface area contributed by atoms with Crippen molar-refractivity contribution in [3.63, 3.8) is 0 Å². The summed E-state index contributed by atoms with van der Waals surface area (Å²) in [6.07, 6.45) is 6.05. The van der Waals surface area contributed by atoms with E-state index in [4.69, 9.17) is 11.6 Å². The summed E-state index contributed by atoms with van der Waals surface area (Å²) in [7, 11) is 0. The molecule has 0 unspecified atom stereocenters. The minimum atomic E-state index is -0.679. The lowest BCUT2D eigenvalue weighted by molar-refractivity contribution is 0.584. The van der Waals surface area contributed by atoms with Crippen molar-refractivity contribution in [2.75, 3.05) is 11.9 Å². The van der Waals surface area contributed by atoms with Gasteiger partial charge in [0.2, 0.25) is 0 Å². The number of aryl methyl sites for hydroxylation is 1. The number of nitrogens with one attached hydrogen (secondary N) is 1. The molecule has 0 saturated heterocycles. The van der Waals surface area contributed by atoms with Crippen LogP contribution in [0.5, 0.6) is 0 Å². The molecule has 1 N–H and O–H groups in total. The summed E-state index contributed by atoms with van der Waals surface area (Å²) >= 11 is 5.76. The van der Waals surface area contributed by atoms with E-state index in [1.807, 2.05) is 10.8 Å². The van der Waals surface area contributed by atoms with Crippen molar-refractivity contribution in [2.45, 2.75) is 13.0 Å². The van der Waals surface area contributed by atoms with Gasteiger partial charge in [0, 0.05) is 31.5 Å². The van der Waals surface area contributed by atoms with Crippen LogP contribution in [0, 0.1) is 11.6 Å². The lowest BCUT2D eigenvalue weighted by atomic mass is 10.3. The van der Waals surface area contributed by atoms with Gasteiger partial charge < -0.3 is 9.88 Å². The van der Waals surface area contributed by atoms with Gasteiger partial charge in [0.15, 0.2) is 5.82 Å². The molecule has 96 valence electrons. The zero-order valence-electron chi connectivity index (χ0n) is 9.54. The van der Waals surface area contributed by atoms with Gasteiger partial charge in [0.25, 0.3) is 0 Å². The first-order valence-corrected chi connectivity index (χ1v) is 5.89. The van der Waals surface area contributed by atoms with E-state index < -0.39 is 11.6 Å². The molecule has 0 saturated carbocycles. The Balaban J connectivity index is 1.87. The van der Waals surface area contributed by atoms with E-state index in [2.05, 4.69) is 10.3 Å². The fraction of sp³-hybridized carbons (Fsp3) is 0.250.